The molecule has 1 N–H and O–H groups in total. The number of hydrogen-bond donors (Lipinski definition) is 1. The largest absolute Gasteiger partial charge is 0.358 e. The van der Waals surface area contributed by atoms with E-state index in [0.717, 1.165) is 48.7 Å². The number of piperidine rings is 1. The van der Waals surface area contributed by atoms with E-state index in [1.165, 1.54) is 36.6 Å². The fourth-order valence-electron chi connectivity index (χ4n) is 5.22. The van der Waals surface area contributed by atoms with Crippen molar-refractivity contribution >= 4 is 16.8 Å². The van der Waals surface area contributed by atoms with E-state index in [1.54, 1.807) is 6.07 Å². The van der Waals surface area contributed by atoms with Crippen molar-refractivity contribution in [2.75, 3.05) is 13.1 Å². The molecule has 1 saturated carbocycles. The number of fused-ring (bicyclic) bond motifs is 3. The van der Waals surface area contributed by atoms with E-state index >= 15 is 4.39 Å². The first-order valence-electron chi connectivity index (χ1n) is 9.83. The van der Waals surface area contributed by atoms with E-state index in [2.05, 4.69) is 11.6 Å². The molecule has 4 heteroatoms. The van der Waals surface area contributed by atoms with Crippen molar-refractivity contribution in [3.63, 3.8) is 0 Å². The lowest BCUT2D eigenvalue weighted by Crippen LogP contribution is -2.38. The average molecular weight is 352 g/mol. The Balaban J connectivity index is 1.61. The van der Waals surface area contributed by atoms with Gasteiger partial charge in [-0.2, -0.15) is 0 Å². The molecule has 0 bridgehead atoms. The molecule has 2 fully saturated rings. The van der Waals surface area contributed by atoms with Gasteiger partial charge in [0.2, 0.25) is 5.91 Å². The SMILES string of the molecule is C=CC(=O)N1CCC[C@@H](c2c(F)ccc3[nH]c4c(c23)CC2(CC4)CC2)C1. The Labute approximate surface area is 153 Å². The maximum absolute atomic E-state index is 15.0. The molecular weight excluding hydrogens is 327 g/mol. The normalized spacial score (nSPS) is 23.9. The number of aromatic amines is 1. The Morgan fingerprint density at radius 2 is 2.19 bits per heavy atom. The van der Waals surface area contributed by atoms with Gasteiger partial charge in [0.25, 0.3) is 0 Å². The van der Waals surface area contributed by atoms with E-state index in [9.17, 15) is 4.79 Å². The number of likely N-dealkylation sites (tertiary alicyclic amines) is 1. The molecule has 1 amide bonds. The zero-order valence-electron chi connectivity index (χ0n) is 15.1. The highest BCUT2D eigenvalue weighted by Crippen LogP contribution is 2.56. The highest BCUT2D eigenvalue weighted by atomic mass is 19.1. The third kappa shape index (κ3) is 2.42. The third-order valence-electron chi connectivity index (χ3n) is 6.87. The van der Waals surface area contributed by atoms with Crippen LogP contribution in [0.15, 0.2) is 24.8 Å². The fraction of sp³-hybridized carbons (Fsp3) is 0.500. The van der Waals surface area contributed by atoms with Gasteiger partial charge >= 0.3 is 0 Å². The summed E-state index contributed by atoms with van der Waals surface area (Å²) >= 11 is 0. The number of rotatable bonds is 2. The average Bonchev–Trinajstić information content (AvgIpc) is 3.32. The molecule has 1 aromatic heterocycles. The van der Waals surface area contributed by atoms with Gasteiger partial charge in [-0.3, -0.25) is 4.79 Å². The zero-order valence-corrected chi connectivity index (χ0v) is 15.1. The molecule has 26 heavy (non-hydrogen) atoms. The van der Waals surface area contributed by atoms with E-state index in [1.807, 2.05) is 11.0 Å². The van der Waals surface area contributed by atoms with Crippen LogP contribution >= 0.6 is 0 Å². The Morgan fingerprint density at radius 3 is 2.96 bits per heavy atom. The van der Waals surface area contributed by atoms with E-state index in [4.69, 9.17) is 0 Å². The van der Waals surface area contributed by atoms with Gasteiger partial charge in [-0.05, 0) is 74.1 Å². The smallest absolute Gasteiger partial charge is 0.245 e. The summed E-state index contributed by atoms with van der Waals surface area (Å²) in [5.41, 5.74) is 5.04. The number of aryl methyl sites for hydroxylation is 1. The summed E-state index contributed by atoms with van der Waals surface area (Å²) in [4.78, 5) is 17.5. The van der Waals surface area contributed by atoms with E-state index < -0.39 is 0 Å². The van der Waals surface area contributed by atoms with Crippen LogP contribution < -0.4 is 0 Å². The first-order valence-corrected chi connectivity index (χ1v) is 9.83. The topological polar surface area (TPSA) is 36.1 Å². The van der Waals surface area contributed by atoms with Crippen LogP contribution in [-0.2, 0) is 17.6 Å². The van der Waals surface area contributed by atoms with Crippen molar-refractivity contribution in [1.29, 1.82) is 0 Å². The van der Waals surface area contributed by atoms with Gasteiger partial charge in [0.1, 0.15) is 5.82 Å². The number of hydrogen-bond acceptors (Lipinski definition) is 1. The first kappa shape index (κ1) is 16.1. The number of amides is 1. The van der Waals surface area contributed by atoms with Crippen molar-refractivity contribution < 1.29 is 9.18 Å². The number of aromatic nitrogens is 1. The lowest BCUT2D eigenvalue weighted by atomic mass is 9.80. The number of carbonyl (C=O) groups is 1. The van der Waals surface area contributed by atoms with Gasteiger partial charge in [0, 0.05) is 41.2 Å². The van der Waals surface area contributed by atoms with Crippen molar-refractivity contribution in [2.24, 2.45) is 5.41 Å². The van der Waals surface area contributed by atoms with Crippen LogP contribution in [0.1, 0.15) is 54.8 Å². The summed E-state index contributed by atoms with van der Waals surface area (Å²) in [6.07, 6.45) is 9.27. The maximum atomic E-state index is 15.0. The second-order valence-corrected chi connectivity index (χ2v) is 8.47. The molecule has 2 heterocycles. The Kier molecular flexibility index (Phi) is 3.53. The van der Waals surface area contributed by atoms with Crippen LogP contribution in [0.2, 0.25) is 0 Å². The molecule has 1 spiro atoms. The molecule has 5 rings (SSSR count). The number of nitrogens with one attached hydrogen (secondary N) is 1. The molecule has 3 nitrogen and oxygen atoms in total. The summed E-state index contributed by atoms with van der Waals surface area (Å²) in [5, 5.41) is 1.11. The van der Waals surface area contributed by atoms with Crippen molar-refractivity contribution in [3.8, 4) is 0 Å². The van der Waals surface area contributed by atoms with Gasteiger partial charge in [0.15, 0.2) is 0 Å². The summed E-state index contributed by atoms with van der Waals surface area (Å²) in [7, 11) is 0. The van der Waals surface area contributed by atoms with Crippen LogP contribution in [0, 0.1) is 11.2 Å². The molecule has 1 saturated heterocycles. The molecule has 1 aliphatic heterocycles. The van der Waals surface area contributed by atoms with Crippen molar-refractivity contribution in [1.82, 2.24) is 9.88 Å². The summed E-state index contributed by atoms with van der Waals surface area (Å²) < 4.78 is 15.0. The van der Waals surface area contributed by atoms with Crippen LogP contribution in [-0.4, -0.2) is 28.9 Å². The second kappa shape index (κ2) is 5.70. The van der Waals surface area contributed by atoms with Gasteiger partial charge in [0.05, 0.1) is 0 Å². The number of benzene rings is 1. The van der Waals surface area contributed by atoms with E-state index in [0.29, 0.717) is 12.0 Å². The third-order valence-corrected chi connectivity index (χ3v) is 6.87. The first-order chi connectivity index (χ1) is 12.6. The minimum atomic E-state index is -0.118. The summed E-state index contributed by atoms with van der Waals surface area (Å²) in [6, 6.07) is 3.49. The predicted molar refractivity (Wildman–Crippen MR) is 101 cm³/mol. The van der Waals surface area contributed by atoms with E-state index in [-0.39, 0.29) is 17.6 Å². The van der Waals surface area contributed by atoms with Gasteiger partial charge in [-0.25, -0.2) is 4.39 Å². The minimum Gasteiger partial charge on any atom is -0.358 e. The molecule has 1 aromatic carbocycles. The highest BCUT2D eigenvalue weighted by Gasteiger charge is 2.45. The van der Waals surface area contributed by atoms with Gasteiger partial charge in [-0.1, -0.05) is 6.58 Å². The summed E-state index contributed by atoms with van der Waals surface area (Å²) in [6.45, 7) is 4.94. The molecule has 0 unspecified atom stereocenters. The minimum absolute atomic E-state index is 0.0460. The lowest BCUT2D eigenvalue weighted by molar-refractivity contribution is -0.127. The quantitative estimate of drug-likeness (QED) is 0.796. The molecular formula is C22H25FN2O. The Bertz CT molecular complexity index is 908. The number of halogens is 1. The molecule has 3 aliphatic rings. The molecule has 1 atom stereocenters. The molecule has 136 valence electrons. The Morgan fingerprint density at radius 1 is 1.35 bits per heavy atom. The predicted octanol–water partition coefficient (Wildman–Crippen LogP) is 4.47. The molecule has 2 aromatic rings. The molecule has 0 radical (unpaired) electrons. The van der Waals surface area contributed by atoms with Crippen LogP contribution in [0.4, 0.5) is 4.39 Å². The number of nitrogens with zero attached hydrogens (tertiary/aromatic N) is 1. The monoisotopic (exact) mass is 352 g/mol. The standard InChI is InChI=1S/C22H25FN2O/c1-2-19(26)25-11-3-4-14(13-25)20-16(23)5-6-18-21(20)15-12-22(9-10-22)8-7-17(15)24-18/h2,5-6,14,24H,1,3-4,7-13H2/t14-/m1/s1. The summed E-state index contributed by atoms with van der Waals surface area (Å²) in [5.74, 6) is -0.101. The molecule has 2 aliphatic carbocycles. The number of H-pyrrole nitrogens is 1. The fourth-order valence-corrected chi connectivity index (χ4v) is 5.22. The number of carbonyl (C=O) groups excluding carboxylic acids is 1. The Hall–Kier alpha value is -2.10. The van der Waals surface area contributed by atoms with Crippen LogP contribution in [0.5, 0.6) is 0 Å². The van der Waals surface area contributed by atoms with Crippen LogP contribution in [0.25, 0.3) is 10.9 Å². The maximum Gasteiger partial charge on any atom is 0.245 e. The lowest BCUT2D eigenvalue weighted by Gasteiger charge is -2.33. The van der Waals surface area contributed by atoms with Crippen molar-refractivity contribution in [3.05, 3.63) is 47.4 Å². The van der Waals surface area contributed by atoms with Crippen LogP contribution in [0.3, 0.4) is 0 Å². The van der Waals surface area contributed by atoms with Crippen molar-refractivity contribution in [2.45, 2.75) is 50.9 Å². The second-order valence-electron chi connectivity index (χ2n) is 8.47. The van der Waals surface area contributed by atoms with Gasteiger partial charge < -0.3 is 9.88 Å². The highest BCUT2D eigenvalue weighted by molar-refractivity contribution is 5.90. The van der Waals surface area contributed by atoms with Gasteiger partial charge in [-0.15, -0.1) is 0 Å². The zero-order chi connectivity index (χ0) is 17.9.